The second kappa shape index (κ2) is 6.77. The molecule has 0 saturated carbocycles. The van der Waals surface area contributed by atoms with Crippen LogP contribution in [-0.4, -0.2) is 27.0 Å². The summed E-state index contributed by atoms with van der Waals surface area (Å²) >= 11 is 0. The fourth-order valence-electron chi connectivity index (χ4n) is 0.870. The Labute approximate surface area is 112 Å². The van der Waals surface area contributed by atoms with Crippen molar-refractivity contribution in [1.82, 2.24) is 0 Å². The first-order valence-corrected chi connectivity index (χ1v) is 8.96. The first-order valence-electron chi connectivity index (χ1n) is 6.05. The van der Waals surface area contributed by atoms with Crippen LogP contribution in [0.15, 0.2) is 12.7 Å². The molecule has 0 aliphatic heterocycles. The van der Waals surface area contributed by atoms with E-state index in [0.717, 1.165) is 6.08 Å². The van der Waals surface area contributed by atoms with Crippen molar-refractivity contribution in [3.05, 3.63) is 12.7 Å². The van der Waals surface area contributed by atoms with E-state index < -0.39 is 20.4 Å². The lowest BCUT2D eigenvalue weighted by molar-refractivity contribution is -0.139. The van der Waals surface area contributed by atoms with Gasteiger partial charge in [-0.15, -0.1) is 0 Å². The van der Waals surface area contributed by atoms with Gasteiger partial charge in [-0.05, 0) is 25.1 Å². The zero-order valence-electron chi connectivity index (χ0n) is 12.3. The number of carbonyl (C=O) groups is 1. The van der Waals surface area contributed by atoms with Crippen molar-refractivity contribution in [2.45, 2.75) is 51.9 Å². The summed E-state index contributed by atoms with van der Waals surface area (Å²) < 4.78 is 10.8. The normalized spacial score (nSPS) is 13.2. The largest absolute Gasteiger partial charge is 0.446 e. The topological polar surface area (TPSA) is 35.5 Å². The van der Waals surface area contributed by atoms with E-state index in [2.05, 4.69) is 52.3 Å². The smallest absolute Gasteiger partial charge is 0.331 e. The molecule has 18 heavy (non-hydrogen) atoms. The van der Waals surface area contributed by atoms with Gasteiger partial charge in [0, 0.05) is 6.08 Å². The van der Waals surface area contributed by atoms with Gasteiger partial charge in [-0.25, -0.2) is 4.79 Å². The standard InChI is InChI=1S/C14H24O3Si/c1-8-13(15)17-12(2)10-9-11-16-18(6,7)14(3,4)5/h8,12H,1,11H2,2-7H3. The molecule has 4 heteroatoms. The molecule has 0 aliphatic rings. The molecule has 0 aliphatic carbocycles. The summed E-state index contributed by atoms with van der Waals surface area (Å²) in [5.41, 5.74) is 0. The fraction of sp³-hybridized carbons (Fsp3) is 0.643. The van der Waals surface area contributed by atoms with Crippen LogP contribution in [0.2, 0.25) is 18.1 Å². The Morgan fingerprint density at radius 3 is 2.44 bits per heavy atom. The van der Waals surface area contributed by atoms with E-state index in [4.69, 9.17) is 9.16 Å². The van der Waals surface area contributed by atoms with Crippen LogP contribution in [-0.2, 0) is 14.0 Å². The third-order valence-electron chi connectivity index (χ3n) is 3.08. The molecule has 102 valence electrons. The zero-order chi connectivity index (χ0) is 14.4. The zero-order valence-corrected chi connectivity index (χ0v) is 13.3. The van der Waals surface area contributed by atoms with E-state index in [0.29, 0.717) is 6.61 Å². The molecule has 3 nitrogen and oxygen atoms in total. The summed E-state index contributed by atoms with van der Waals surface area (Å²) in [6, 6.07) is 0. The third-order valence-corrected chi connectivity index (χ3v) is 7.55. The van der Waals surface area contributed by atoms with E-state index in [1.807, 2.05) is 0 Å². The van der Waals surface area contributed by atoms with Crippen LogP contribution in [0.4, 0.5) is 0 Å². The predicted molar refractivity (Wildman–Crippen MR) is 76.7 cm³/mol. The molecule has 0 aromatic rings. The van der Waals surface area contributed by atoms with Crippen molar-refractivity contribution in [3.8, 4) is 11.8 Å². The maximum atomic E-state index is 10.9. The lowest BCUT2D eigenvalue weighted by Gasteiger charge is -2.35. The third kappa shape index (κ3) is 6.04. The summed E-state index contributed by atoms with van der Waals surface area (Å²) in [5, 5.41) is 0.176. The predicted octanol–water partition coefficient (Wildman–Crippen LogP) is 3.13. The minimum absolute atomic E-state index is 0.176. The molecule has 0 aromatic heterocycles. The number of hydrogen-bond acceptors (Lipinski definition) is 3. The molecule has 0 amide bonds. The second-order valence-corrected chi connectivity index (χ2v) is 10.5. The Balaban J connectivity index is 4.21. The molecule has 0 heterocycles. The quantitative estimate of drug-likeness (QED) is 0.340. The van der Waals surface area contributed by atoms with Crippen LogP contribution in [0, 0.1) is 11.8 Å². The average Bonchev–Trinajstić information content (AvgIpc) is 2.22. The summed E-state index contributed by atoms with van der Waals surface area (Å²) in [5.74, 6) is 5.27. The van der Waals surface area contributed by atoms with Gasteiger partial charge in [0.25, 0.3) is 0 Å². The van der Waals surface area contributed by atoms with Gasteiger partial charge in [0.15, 0.2) is 14.4 Å². The van der Waals surface area contributed by atoms with Crippen LogP contribution in [0.5, 0.6) is 0 Å². The average molecular weight is 268 g/mol. The molecule has 0 fully saturated rings. The maximum Gasteiger partial charge on any atom is 0.331 e. The summed E-state index contributed by atoms with van der Waals surface area (Å²) in [7, 11) is -1.74. The summed E-state index contributed by atoms with van der Waals surface area (Å²) in [4.78, 5) is 10.9. The highest BCUT2D eigenvalue weighted by Crippen LogP contribution is 2.36. The molecule has 0 aromatic carbocycles. The number of hydrogen-bond donors (Lipinski definition) is 0. The second-order valence-electron chi connectivity index (χ2n) is 5.65. The molecule has 0 radical (unpaired) electrons. The highest BCUT2D eigenvalue weighted by molar-refractivity contribution is 6.74. The molecular formula is C14H24O3Si. The van der Waals surface area contributed by atoms with Gasteiger partial charge in [-0.1, -0.05) is 39.2 Å². The van der Waals surface area contributed by atoms with Gasteiger partial charge in [0.1, 0.15) is 0 Å². The number of carbonyl (C=O) groups excluding carboxylic acids is 1. The van der Waals surface area contributed by atoms with E-state index in [1.165, 1.54) is 0 Å². The van der Waals surface area contributed by atoms with Crippen molar-refractivity contribution < 1.29 is 14.0 Å². The van der Waals surface area contributed by atoms with E-state index in [1.54, 1.807) is 6.92 Å². The highest BCUT2D eigenvalue weighted by atomic mass is 28.4. The minimum Gasteiger partial charge on any atom is -0.446 e. The van der Waals surface area contributed by atoms with E-state index >= 15 is 0 Å². The van der Waals surface area contributed by atoms with Crippen LogP contribution < -0.4 is 0 Å². The van der Waals surface area contributed by atoms with Crippen LogP contribution in [0.3, 0.4) is 0 Å². The van der Waals surface area contributed by atoms with Crippen molar-refractivity contribution in [1.29, 1.82) is 0 Å². The molecule has 0 rings (SSSR count). The van der Waals surface area contributed by atoms with Crippen LogP contribution in [0.25, 0.3) is 0 Å². The molecule has 1 atom stereocenters. The Morgan fingerprint density at radius 2 is 2.00 bits per heavy atom. The molecule has 0 spiro atoms. The lowest BCUT2D eigenvalue weighted by atomic mass is 10.2. The van der Waals surface area contributed by atoms with Crippen molar-refractivity contribution in [3.63, 3.8) is 0 Å². The Hall–Kier alpha value is -1.05. The van der Waals surface area contributed by atoms with Gasteiger partial charge in [0.05, 0.1) is 6.61 Å². The first kappa shape index (κ1) is 16.9. The van der Waals surface area contributed by atoms with Crippen molar-refractivity contribution >= 4 is 14.3 Å². The molecule has 0 saturated heterocycles. The Kier molecular flexibility index (Phi) is 6.37. The number of rotatable bonds is 4. The molecule has 0 bridgehead atoms. The van der Waals surface area contributed by atoms with E-state index in [-0.39, 0.29) is 5.04 Å². The van der Waals surface area contributed by atoms with Crippen molar-refractivity contribution in [2.75, 3.05) is 6.61 Å². The summed E-state index contributed by atoms with van der Waals surface area (Å²) in [6.07, 6.45) is 0.697. The fourth-order valence-corrected chi connectivity index (χ4v) is 1.74. The monoisotopic (exact) mass is 268 g/mol. The minimum atomic E-state index is -1.74. The first-order chi connectivity index (χ1) is 8.10. The number of ether oxygens (including phenoxy) is 1. The number of esters is 1. The Bertz CT molecular complexity index is 355. The molecule has 0 N–H and O–H groups in total. The molecule has 1 unspecified atom stereocenters. The van der Waals surface area contributed by atoms with E-state index in [9.17, 15) is 4.79 Å². The lowest BCUT2D eigenvalue weighted by Crippen LogP contribution is -2.40. The summed E-state index contributed by atoms with van der Waals surface area (Å²) in [6.45, 7) is 16.3. The van der Waals surface area contributed by atoms with Crippen LogP contribution in [0.1, 0.15) is 27.7 Å². The molecular weight excluding hydrogens is 244 g/mol. The van der Waals surface area contributed by atoms with Gasteiger partial charge in [-0.2, -0.15) is 0 Å². The van der Waals surface area contributed by atoms with Crippen molar-refractivity contribution in [2.24, 2.45) is 0 Å². The Morgan fingerprint density at radius 1 is 1.44 bits per heavy atom. The maximum absolute atomic E-state index is 10.9. The SMILES string of the molecule is C=CC(=O)OC(C)C#CCO[Si](C)(C)C(C)(C)C. The van der Waals surface area contributed by atoms with Gasteiger partial charge in [0.2, 0.25) is 0 Å². The van der Waals surface area contributed by atoms with Gasteiger partial charge < -0.3 is 9.16 Å². The highest BCUT2D eigenvalue weighted by Gasteiger charge is 2.36. The van der Waals surface area contributed by atoms with Gasteiger partial charge >= 0.3 is 5.97 Å². The van der Waals surface area contributed by atoms with Gasteiger partial charge in [-0.3, -0.25) is 0 Å². The van der Waals surface area contributed by atoms with Crippen LogP contribution >= 0.6 is 0 Å².